The average molecular weight is 476 g/mol. The molecule has 0 aromatic heterocycles. The van der Waals surface area contributed by atoms with Crippen molar-refractivity contribution in [2.45, 2.75) is 17.4 Å². The number of benzene rings is 2. The molecular formula is C24H16N2O7S. The monoisotopic (exact) mass is 476 g/mol. The molecule has 2 aliphatic carbocycles. The van der Waals surface area contributed by atoms with Crippen LogP contribution in [0.4, 0.5) is 5.69 Å². The van der Waals surface area contributed by atoms with Crippen LogP contribution in [0.1, 0.15) is 12.0 Å². The van der Waals surface area contributed by atoms with Crippen molar-refractivity contribution < 1.29 is 27.7 Å². The minimum Gasteiger partial charge on any atom is -0.294 e. The van der Waals surface area contributed by atoms with E-state index in [-0.39, 0.29) is 33.9 Å². The van der Waals surface area contributed by atoms with E-state index in [2.05, 4.69) is 0 Å². The van der Waals surface area contributed by atoms with Crippen molar-refractivity contribution in [1.29, 1.82) is 0 Å². The molecule has 1 aliphatic heterocycles. The van der Waals surface area contributed by atoms with Crippen molar-refractivity contribution in [3.05, 3.63) is 99.8 Å². The largest absolute Gasteiger partial charge is 0.294 e. The number of Topliss-reactive ketones (excluding diaryl/α,β-unsaturated/α-hetero) is 2. The van der Waals surface area contributed by atoms with E-state index in [0.717, 1.165) is 28.6 Å². The van der Waals surface area contributed by atoms with Crippen LogP contribution in [0, 0.1) is 16.0 Å². The van der Waals surface area contributed by atoms with Gasteiger partial charge in [-0.05, 0) is 41.0 Å². The third kappa shape index (κ3) is 3.22. The summed E-state index contributed by atoms with van der Waals surface area (Å²) in [5.41, 5.74) is 0.960. The second kappa shape index (κ2) is 7.70. The lowest BCUT2D eigenvalue weighted by atomic mass is 9.72. The van der Waals surface area contributed by atoms with Gasteiger partial charge in [-0.25, -0.2) is 8.42 Å². The lowest BCUT2D eigenvalue weighted by Crippen LogP contribution is -2.47. The maximum atomic E-state index is 13.7. The molecule has 1 heterocycles. The molecule has 2 unspecified atom stereocenters. The summed E-state index contributed by atoms with van der Waals surface area (Å²) < 4.78 is 28.4. The summed E-state index contributed by atoms with van der Waals surface area (Å²) in [4.78, 5) is 48.4. The van der Waals surface area contributed by atoms with Crippen LogP contribution in [0.5, 0.6) is 0 Å². The van der Waals surface area contributed by atoms with Gasteiger partial charge in [0.25, 0.3) is 15.7 Å². The Balaban J connectivity index is 1.71. The number of hydrogen-bond donors (Lipinski definition) is 0. The van der Waals surface area contributed by atoms with Gasteiger partial charge in [0.1, 0.15) is 0 Å². The number of nitro groups is 1. The van der Waals surface area contributed by atoms with E-state index >= 15 is 0 Å². The van der Waals surface area contributed by atoms with Crippen molar-refractivity contribution >= 4 is 38.6 Å². The third-order valence-electron chi connectivity index (χ3n) is 6.18. The Morgan fingerprint density at radius 3 is 2.26 bits per heavy atom. The Hall–Kier alpha value is -4.18. The predicted octanol–water partition coefficient (Wildman–Crippen LogP) is 2.60. The molecule has 2 aromatic carbocycles. The lowest BCUT2D eigenvalue weighted by Gasteiger charge is -2.35. The molecule has 5 rings (SSSR count). The number of sulfonamides is 1. The molecule has 2 atom stereocenters. The Morgan fingerprint density at radius 2 is 1.62 bits per heavy atom. The second-order valence-corrected chi connectivity index (χ2v) is 9.91. The van der Waals surface area contributed by atoms with Gasteiger partial charge in [-0.3, -0.25) is 28.8 Å². The van der Waals surface area contributed by atoms with Gasteiger partial charge in [-0.1, -0.05) is 30.3 Å². The molecule has 170 valence electrons. The predicted molar refractivity (Wildman–Crippen MR) is 120 cm³/mol. The first-order valence-corrected chi connectivity index (χ1v) is 11.7. The van der Waals surface area contributed by atoms with Gasteiger partial charge in [0.05, 0.1) is 21.8 Å². The number of ketones is 3. The summed E-state index contributed by atoms with van der Waals surface area (Å²) in [6, 6.07) is 11.9. The Bertz CT molecular complexity index is 1470. The number of fused-ring (bicyclic) bond motifs is 2. The fraction of sp³-hybridized carbons (Fsp3) is 0.125. The van der Waals surface area contributed by atoms with Gasteiger partial charge in [-0.15, -0.1) is 0 Å². The SMILES string of the molecule is O=C1C=CC2=C(C1)C1C(C(=O)C2=O)C(c2ccccc2)=CN1S(=O)(=O)c1ccc([N+](=O)[O-])cc1. The molecule has 0 saturated heterocycles. The standard InChI is InChI=1S/C24H16N2O7S/c27-16-8-11-18-19(12-16)22-21(24(29)23(18)28)20(14-4-2-1-3-5-14)13-25(22)34(32,33)17-9-6-15(7-10-17)26(30)31/h1-11,13,21-22H,12H2. The number of carbonyl (C=O) groups excluding carboxylic acids is 3. The molecular weight excluding hydrogens is 460 g/mol. The van der Waals surface area contributed by atoms with Crippen LogP contribution in [0.15, 0.2) is 89.0 Å². The summed E-state index contributed by atoms with van der Waals surface area (Å²) in [6.07, 6.45) is 3.62. The number of non-ortho nitro benzene ring substituents is 1. The van der Waals surface area contributed by atoms with Crippen LogP contribution in [-0.2, 0) is 24.4 Å². The smallest absolute Gasteiger partial charge is 0.269 e. The minimum atomic E-state index is -4.30. The Kier molecular flexibility index (Phi) is 4.90. The average Bonchev–Trinajstić information content (AvgIpc) is 3.25. The number of nitro benzene ring substituents is 1. The highest BCUT2D eigenvalue weighted by atomic mass is 32.2. The zero-order chi connectivity index (χ0) is 24.2. The van der Waals surface area contributed by atoms with E-state index in [4.69, 9.17) is 0 Å². The maximum absolute atomic E-state index is 13.7. The van der Waals surface area contributed by atoms with Gasteiger partial charge in [0, 0.05) is 30.3 Å². The topological polar surface area (TPSA) is 132 Å². The Labute approximate surface area is 193 Å². The van der Waals surface area contributed by atoms with Gasteiger partial charge in [-0.2, -0.15) is 0 Å². The van der Waals surface area contributed by atoms with E-state index in [9.17, 15) is 32.9 Å². The molecule has 0 spiro atoms. The van der Waals surface area contributed by atoms with E-state index in [0.29, 0.717) is 11.1 Å². The highest BCUT2D eigenvalue weighted by molar-refractivity contribution is 7.89. The van der Waals surface area contributed by atoms with Crippen LogP contribution in [0.25, 0.3) is 5.57 Å². The first-order valence-electron chi connectivity index (χ1n) is 10.3. The van der Waals surface area contributed by atoms with Crippen LogP contribution < -0.4 is 0 Å². The zero-order valence-corrected chi connectivity index (χ0v) is 18.3. The minimum absolute atomic E-state index is 0.0393. The third-order valence-corrected chi connectivity index (χ3v) is 7.93. The second-order valence-electron chi connectivity index (χ2n) is 8.07. The first kappa shape index (κ1) is 21.7. The highest BCUT2D eigenvalue weighted by Gasteiger charge is 2.53. The molecule has 9 nitrogen and oxygen atoms in total. The highest BCUT2D eigenvalue weighted by Crippen LogP contribution is 2.47. The molecule has 3 aliphatic rings. The molecule has 2 aromatic rings. The summed E-state index contributed by atoms with van der Waals surface area (Å²) in [7, 11) is -4.30. The maximum Gasteiger partial charge on any atom is 0.269 e. The van der Waals surface area contributed by atoms with E-state index < -0.39 is 38.5 Å². The first-order chi connectivity index (χ1) is 16.2. The van der Waals surface area contributed by atoms with Gasteiger partial charge in [0.2, 0.25) is 11.6 Å². The number of allylic oxidation sites excluding steroid dienone is 3. The lowest BCUT2D eigenvalue weighted by molar-refractivity contribution is -0.384. The summed E-state index contributed by atoms with van der Waals surface area (Å²) in [5, 5.41) is 11.0. The number of nitrogens with zero attached hydrogens (tertiary/aromatic N) is 2. The Morgan fingerprint density at radius 1 is 0.941 bits per heavy atom. The molecule has 34 heavy (non-hydrogen) atoms. The van der Waals surface area contributed by atoms with Gasteiger partial charge >= 0.3 is 0 Å². The number of rotatable bonds is 4. The zero-order valence-electron chi connectivity index (χ0n) is 17.5. The van der Waals surface area contributed by atoms with Crippen molar-refractivity contribution in [2.24, 2.45) is 5.92 Å². The van der Waals surface area contributed by atoms with E-state index in [1.54, 1.807) is 30.3 Å². The molecule has 0 saturated carbocycles. The van der Waals surface area contributed by atoms with E-state index in [1.807, 2.05) is 0 Å². The molecule has 0 fully saturated rings. The fourth-order valence-corrected chi connectivity index (χ4v) is 6.13. The van der Waals surface area contributed by atoms with Crippen molar-refractivity contribution in [1.82, 2.24) is 4.31 Å². The summed E-state index contributed by atoms with van der Waals surface area (Å²) in [6.45, 7) is 0. The molecule has 0 amide bonds. The van der Waals surface area contributed by atoms with Crippen LogP contribution in [0.3, 0.4) is 0 Å². The molecule has 0 radical (unpaired) electrons. The van der Waals surface area contributed by atoms with Crippen LogP contribution in [0.2, 0.25) is 0 Å². The van der Waals surface area contributed by atoms with Gasteiger partial charge < -0.3 is 0 Å². The van der Waals surface area contributed by atoms with Crippen LogP contribution in [-0.4, -0.2) is 41.0 Å². The summed E-state index contributed by atoms with van der Waals surface area (Å²) in [5.74, 6) is -2.92. The van der Waals surface area contributed by atoms with Crippen molar-refractivity contribution in [3.8, 4) is 0 Å². The normalized spacial score (nSPS) is 21.9. The van der Waals surface area contributed by atoms with Crippen molar-refractivity contribution in [2.75, 3.05) is 0 Å². The number of carbonyl (C=O) groups is 3. The van der Waals surface area contributed by atoms with Crippen molar-refractivity contribution in [3.63, 3.8) is 0 Å². The van der Waals surface area contributed by atoms with E-state index in [1.165, 1.54) is 18.4 Å². The quantitative estimate of drug-likeness (QED) is 0.376. The van der Waals surface area contributed by atoms with Gasteiger partial charge in [0.15, 0.2) is 5.78 Å². The molecule has 10 heteroatoms. The molecule has 0 bridgehead atoms. The molecule has 0 N–H and O–H groups in total. The fourth-order valence-electron chi connectivity index (χ4n) is 4.60. The number of hydrogen-bond acceptors (Lipinski definition) is 7. The summed E-state index contributed by atoms with van der Waals surface area (Å²) >= 11 is 0. The van der Waals surface area contributed by atoms with Crippen LogP contribution >= 0.6 is 0 Å².